The zero-order valence-corrected chi connectivity index (χ0v) is 15.8. The second-order valence-corrected chi connectivity index (χ2v) is 6.09. The lowest BCUT2D eigenvalue weighted by atomic mass is 10.1. The van der Waals surface area contributed by atoms with E-state index < -0.39 is 0 Å². The minimum atomic E-state index is 0. The molecule has 0 amide bonds. The van der Waals surface area contributed by atoms with E-state index in [4.69, 9.17) is 20.8 Å². The smallest absolute Gasteiger partial charge is 0.134 e. The molecule has 0 spiro atoms. The van der Waals surface area contributed by atoms with Crippen LogP contribution in [0.15, 0.2) is 59.0 Å². The van der Waals surface area contributed by atoms with Crippen molar-refractivity contribution in [3.05, 3.63) is 76.5 Å². The molecule has 0 atom stereocenters. The second-order valence-electron chi connectivity index (χ2n) is 5.68. The van der Waals surface area contributed by atoms with Gasteiger partial charge in [0.05, 0.1) is 13.7 Å². The summed E-state index contributed by atoms with van der Waals surface area (Å²) in [4.78, 5) is 0. The number of hydrogen-bond donors (Lipinski definition) is 1. The highest BCUT2D eigenvalue weighted by Gasteiger charge is 2.06. The number of methoxy groups -OCH3 is 1. The molecule has 0 aliphatic heterocycles. The third-order valence-electron chi connectivity index (χ3n) is 3.91. The number of hydrogen-bond acceptors (Lipinski definition) is 3. The summed E-state index contributed by atoms with van der Waals surface area (Å²) in [5.41, 5.74) is 3.26. The van der Waals surface area contributed by atoms with Gasteiger partial charge in [-0.2, -0.15) is 0 Å². The van der Waals surface area contributed by atoms with Gasteiger partial charge in [-0.05, 0) is 48.4 Å². The summed E-state index contributed by atoms with van der Waals surface area (Å²) in [6.45, 7) is 3.44. The molecule has 3 rings (SSSR count). The molecule has 1 N–H and O–H groups in total. The molecule has 0 saturated heterocycles. The minimum absolute atomic E-state index is 0. The Labute approximate surface area is 159 Å². The first-order chi connectivity index (χ1) is 11.7. The zero-order valence-electron chi connectivity index (χ0n) is 14.2. The topological polar surface area (TPSA) is 34.4 Å². The molecule has 5 heteroatoms. The normalized spacial score (nSPS) is 10.4. The number of ether oxygens (including phenoxy) is 1. The molecule has 0 bridgehead atoms. The third-order valence-corrected chi connectivity index (χ3v) is 4.31. The van der Waals surface area contributed by atoms with Crippen LogP contribution in [0.4, 0.5) is 0 Å². The van der Waals surface area contributed by atoms with E-state index in [1.807, 2.05) is 61.5 Å². The fourth-order valence-electron chi connectivity index (χ4n) is 2.45. The Bertz CT molecular complexity index is 813. The predicted octanol–water partition coefficient (Wildman–Crippen LogP) is 5.63. The Balaban J connectivity index is 0.00000225. The second kappa shape index (κ2) is 8.95. The van der Waals surface area contributed by atoms with Crippen molar-refractivity contribution >= 4 is 24.0 Å². The van der Waals surface area contributed by atoms with Crippen LogP contribution in [0.5, 0.6) is 5.75 Å². The van der Waals surface area contributed by atoms with E-state index >= 15 is 0 Å². The highest BCUT2D eigenvalue weighted by Crippen LogP contribution is 2.26. The summed E-state index contributed by atoms with van der Waals surface area (Å²) in [5.74, 6) is 2.60. The fourth-order valence-corrected chi connectivity index (χ4v) is 2.63. The molecule has 3 aromatic rings. The van der Waals surface area contributed by atoms with E-state index in [1.54, 1.807) is 7.11 Å². The van der Waals surface area contributed by atoms with Crippen molar-refractivity contribution in [1.82, 2.24) is 5.32 Å². The SMILES string of the molecule is COc1ccc(CNCc2ccc(-c3ccc(C)c(Cl)c3)o2)cc1.Cl. The van der Waals surface area contributed by atoms with Gasteiger partial charge in [0.2, 0.25) is 0 Å². The number of rotatable bonds is 6. The summed E-state index contributed by atoms with van der Waals surface area (Å²) in [5, 5.41) is 4.13. The Morgan fingerprint density at radius 2 is 1.76 bits per heavy atom. The highest BCUT2D eigenvalue weighted by atomic mass is 35.5. The molecular formula is C20H21Cl2NO2. The van der Waals surface area contributed by atoms with Crippen LogP contribution in [-0.2, 0) is 13.1 Å². The largest absolute Gasteiger partial charge is 0.497 e. The van der Waals surface area contributed by atoms with Gasteiger partial charge in [-0.15, -0.1) is 12.4 Å². The summed E-state index contributed by atoms with van der Waals surface area (Å²) in [6, 6.07) is 17.9. The van der Waals surface area contributed by atoms with Gasteiger partial charge < -0.3 is 14.5 Å². The Kier molecular flexibility index (Phi) is 6.94. The Morgan fingerprint density at radius 3 is 2.44 bits per heavy atom. The number of furan rings is 1. The van der Waals surface area contributed by atoms with Crippen molar-refractivity contribution in [2.75, 3.05) is 7.11 Å². The molecule has 0 unspecified atom stereocenters. The maximum absolute atomic E-state index is 6.18. The standard InChI is InChI=1S/C20H20ClNO2.ClH/c1-14-3-6-16(11-19(14)21)20-10-9-18(24-20)13-22-12-15-4-7-17(23-2)8-5-15;/h3-11,22H,12-13H2,1-2H3;1H. The van der Waals surface area contributed by atoms with Crippen molar-refractivity contribution in [1.29, 1.82) is 0 Å². The summed E-state index contributed by atoms with van der Waals surface area (Å²) < 4.78 is 11.1. The molecule has 0 saturated carbocycles. The van der Waals surface area contributed by atoms with Crippen molar-refractivity contribution in [2.45, 2.75) is 20.0 Å². The van der Waals surface area contributed by atoms with Gasteiger partial charge in [0.1, 0.15) is 17.3 Å². The van der Waals surface area contributed by atoms with Gasteiger partial charge in [-0.1, -0.05) is 35.9 Å². The molecule has 0 aliphatic rings. The Morgan fingerprint density at radius 1 is 1.00 bits per heavy atom. The summed E-state index contributed by atoms with van der Waals surface area (Å²) >= 11 is 6.18. The maximum atomic E-state index is 6.18. The van der Waals surface area contributed by atoms with E-state index in [2.05, 4.69) is 5.32 Å². The molecule has 0 radical (unpaired) electrons. The zero-order chi connectivity index (χ0) is 16.9. The van der Waals surface area contributed by atoms with Gasteiger partial charge in [0, 0.05) is 17.1 Å². The van der Waals surface area contributed by atoms with E-state index in [-0.39, 0.29) is 12.4 Å². The summed E-state index contributed by atoms with van der Waals surface area (Å²) in [6.07, 6.45) is 0. The molecule has 0 aliphatic carbocycles. The first kappa shape index (κ1) is 19.4. The molecule has 0 fully saturated rings. The lowest BCUT2D eigenvalue weighted by Gasteiger charge is -2.05. The lowest BCUT2D eigenvalue weighted by molar-refractivity contribution is 0.414. The van der Waals surface area contributed by atoms with Crippen molar-refractivity contribution in [3.8, 4) is 17.1 Å². The van der Waals surface area contributed by atoms with Crippen LogP contribution >= 0.6 is 24.0 Å². The number of halogens is 2. The van der Waals surface area contributed by atoms with Crippen molar-refractivity contribution < 1.29 is 9.15 Å². The number of aryl methyl sites for hydroxylation is 1. The third kappa shape index (κ3) is 5.02. The Hall–Kier alpha value is -1.94. The van der Waals surface area contributed by atoms with Gasteiger partial charge in [-0.3, -0.25) is 0 Å². The van der Waals surface area contributed by atoms with Crippen molar-refractivity contribution in [3.63, 3.8) is 0 Å². The van der Waals surface area contributed by atoms with E-state index in [0.717, 1.165) is 40.0 Å². The van der Waals surface area contributed by atoms with Crippen LogP contribution in [0, 0.1) is 6.92 Å². The van der Waals surface area contributed by atoms with Gasteiger partial charge >= 0.3 is 0 Å². The van der Waals surface area contributed by atoms with Crippen LogP contribution in [0.2, 0.25) is 5.02 Å². The van der Waals surface area contributed by atoms with Crippen molar-refractivity contribution in [2.24, 2.45) is 0 Å². The van der Waals surface area contributed by atoms with Crippen LogP contribution in [-0.4, -0.2) is 7.11 Å². The van der Waals surface area contributed by atoms with Crippen LogP contribution in [0.3, 0.4) is 0 Å². The highest BCUT2D eigenvalue weighted by molar-refractivity contribution is 6.31. The fraction of sp³-hybridized carbons (Fsp3) is 0.200. The van der Waals surface area contributed by atoms with Crippen LogP contribution < -0.4 is 10.1 Å². The number of benzene rings is 2. The molecule has 2 aromatic carbocycles. The molecular weight excluding hydrogens is 357 g/mol. The average molecular weight is 378 g/mol. The predicted molar refractivity (Wildman–Crippen MR) is 105 cm³/mol. The van der Waals surface area contributed by atoms with Crippen LogP contribution in [0.1, 0.15) is 16.9 Å². The number of nitrogens with one attached hydrogen (secondary N) is 1. The minimum Gasteiger partial charge on any atom is -0.497 e. The van der Waals surface area contributed by atoms with Gasteiger partial charge in [-0.25, -0.2) is 0 Å². The quantitative estimate of drug-likeness (QED) is 0.604. The summed E-state index contributed by atoms with van der Waals surface area (Å²) in [7, 11) is 1.67. The molecule has 25 heavy (non-hydrogen) atoms. The molecule has 1 heterocycles. The molecule has 3 nitrogen and oxygen atoms in total. The van der Waals surface area contributed by atoms with E-state index in [9.17, 15) is 0 Å². The van der Waals surface area contributed by atoms with Gasteiger partial charge in [0.25, 0.3) is 0 Å². The average Bonchev–Trinajstić information content (AvgIpc) is 3.07. The monoisotopic (exact) mass is 377 g/mol. The first-order valence-electron chi connectivity index (χ1n) is 7.84. The van der Waals surface area contributed by atoms with Crippen LogP contribution in [0.25, 0.3) is 11.3 Å². The lowest BCUT2D eigenvalue weighted by Crippen LogP contribution is -2.11. The van der Waals surface area contributed by atoms with Gasteiger partial charge in [0.15, 0.2) is 0 Å². The molecule has 132 valence electrons. The van der Waals surface area contributed by atoms with E-state index in [0.29, 0.717) is 6.54 Å². The molecule has 1 aromatic heterocycles. The first-order valence-corrected chi connectivity index (χ1v) is 8.22. The van der Waals surface area contributed by atoms with E-state index in [1.165, 1.54) is 5.56 Å². The maximum Gasteiger partial charge on any atom is 0.134 e.